The molecular formula is C96H101ClN10O. The van der Waals surface area contributed by atoms with Gasteiger partial charge in [-0.2, -0.15) is 0 Å². The predicted molar refractivity (Wildman–Crippen MR) is 456 cm³/mol. The number of nitrogens with zero attached hydrogens (tertiary/aromatic N) is 8. The van der Waals surface area contributed by atoms with E-state index in [9.17, 15) is 5.41 Å². The van der Waals surface area contributed by atoms with E-state index in [1.807, 2.05) is 18.6 Å². The third kappa shape index (κ3) is 14.5. The third-order valence-corrected chi connectivity index (χ3v) is 21.1. The van der Waals surface area contributed by atoms with Crippen LogP contribution in [-0.2, 0) is 4.79 Å². The van der Waals surface area contributed by atoms with Crippen LogP contribution in [0.25, 0.3) is 106 Å². The zero-order valence-electron chi connectivity index (χ0n) is 65.4. The van der Waals surface area contributed by atoms with Gasteiger partial charge in [0.25, 0.3) is 0 Å². The number of aromatic nitrogens is 8. The van der Waals surface area contributed by atoms with Crippen LogP contribution in [0.1, 0.15) is 208 Å². The number of benzene rings is 10. The maximum absolute atomic E-state index is 9.32. The highest BCUT2D eigenvalue weighted by atomic mass is 35.5. The van der Waals surface area contributed by atoms with E-state index >= 15 is 0 Å². The second-order valence-electron chi connectivity index (χ2n) is 30.9. The zero-order chi connectivity index (χ0) is 76.4. The van der Waals surface area contributed by atoms with Gasteiger partial charge in [-0.25, -0.2) is 15.0 Å². The third-order valence-electron chi connectivity index (χ3n) is 21.0. The summed E-state index contributed by atoms with van der Waals surface area (Å²) in [5.74, 6) is 6.23. The molecule has 0 aliphatic carbocycles. The summed E-state index contributed by atoms with van der Waals surface area (Å²) in [6, 6.07) is 74.7. The summed E-state index contributed by atoms with van der Waals surface area (Å²) in [6.45, 7) is 36.1. The number of rotatable bonds is 19. The number of fused-ring (bicyclic) bond motifs is 6. The van der Waals surface area contributed by atoms with E-state index in [4.69, 9.17) is 31.3 Å². The summed E-state index contributed by atoms with van der Waals surface area (Å²) in [4.78, 5) is 24.0. The lowest BCUT2D eigenvalue weighted by atomic mass is 9.92. The number of nitrogens with one attached hydrogen (secondary N) is 2. The molecule has 15 rings (SSSR count). The van der Waals surface area contributed by atoms with Gasteiger partial charge in [0.15, 0.2) is 0 Å². The molecule has 0 aliphatic rings. The first-order valence-electron chi connectivity index (χ1n) is 38.4. The van der Waals surface area contributed by atoms with Crippen molar-refractivity contribution >= 4 is 73.0 Å². The molecule has 0 spiro atoms. The zero-order valence-corrected chi connectivity index (χ0v) is 66.1. The van der Waals surface area contributed by atoms with Crippen molar-refractivity contribution in [1.29, 1.82) is 5.41 Å². The number of anilines is 1. The maximum atomic E-state index is 9.32. The van der Waals surface area contributed by atoms with Crippen molar-refractivity contribution in [2.24, 2.45) is 0 Å². The van der Waals surface area contributed by atoms with E-state index in [0.29, 0.717) is 59.5 Å². The van der Waals surface area contributed by atoms with E-state index in [1.165, 1.54) is 83.2 Å². The monoisotopic (exact) mass is 1440 g/mol. The van der Waals surface area contributed by atoms with Crippen LogP contribution in [0.3, 0.4) is 0 Å². The molecule has 0 amide bonds. The van der Waals surface area contributed by atoms with Crippen LogP contribution in [0.15, 0.2) is 243 Å². The van der Waals surface area contributed by atoms with Gasteiger partial charge in [-0.05, 0) is 140 Å². The summed E-state index contributed by atoms with van der Waals surface area (Å²) < 4.78 is 11.6. The number of alkyl halides is 1. The fraction of sp³-hybridized carbons (Fsp3) is 0.260. The number of halogens is 1. The molecule has 0 aliphatic heterocycles. The van der Waals surface area contributed by atoms with Crippen LogP contribution < -0.4 is 5.32 Å². The number of hydrogen-bond donors (Lipinski definition) is 2. The van der Waals surface area contributed by atoms with Gasteiger partial charge in [0.05, 0.1) is 45.0 Å². The van der Waals surface area contributed by atoms with Crippen molar-refractivity contribution in [2.75, 3.05) is 11.2 Å². The van der Waals surface area contributed by atoms with Crippen LogP contribution in [0, 0.1) is 5.41 Å². The van der Waals surface area contributed by atoms with Crippen molar-refractivity contribution < 1.29 is 4.79 Å². The van der Waals surface area contributed by atoms with E-state index in [0.717, 1.165) is 78.7 Å². The first-order chi connectivity index (χ1) is 52.1. The average molecular weight is 1450 g/mol. The number of imidazole rings is 3. The van der Waals surface area contributed by atoms with Gasteiger partial charge in [0.2, 0.25) is 0 Å². The molecule has 0 atom stereocenters. The van der Waals surface area contributed by atoms with Gasteiger partial charge >= 0.3 is 0 Å². The molecule has 0 fully saturated rings. The Kier molecular flexibility index (Phi) is 22.3. The highest BCUT2D eigenvalue weighted by Crippen LogP contribution is 2.43. The second-order valence-corrected chi connectivity index (χ2v) is 31.2. The van der Waals surface area contributed by atoms with E-state index < -0.39 is 0 Å². The van der Waals surface area contributed by atoms with Gasteiger partial charge < -0.3 is 19.2 Å². The standard InChI is InChI=1S/C48H49N5.C46H49N5.C2H3ClO/c1-30(2)37-17-12-18-38(31(3)4)45(37)51-26-24-49-47(51)34-14-11-15-36(28-34)53-43-21-10-9-16-41(43)42-23-22-35(29-44(42)53)48-50-25-27-52(48)46-39(32(5)6)19-13-20-40(46)33(7)8;1-28(2)35-17-12-18-36(29(3)4)43(35)49-45(47)32-22-23-40-39-16-9-10-21-41(39)51(42(40)27-32)34-15-11-14-33(26-34)46-48-24-25-50(46)44-37(30(5)6)19-13-20-38(44)31(7)8;3-1-2-4/h9-33H,1-8H3;9-31H,1-8H3,(H2,47,49);2H,1H2. The minimum atomic E-state index is 0.111. The lowest BCUT2D eigenvalue weighted by molar-refractivity contribution is -0.105. The fourth-order valence-corrected chi connectivity index (χ4v) is 15.7. The first kappa shape index (κ1) is 75.1. The molecule has 12 heteroatoms. The first-order valence-corrected chi connectivity index (χ1v) is 38.9. The van der Waals surface area contributed by atoms with E-state index in [1.54, 1.807) is 0 Å². The van der Waals surface area contributed by atoms with Gasteiger partial charge in [-0.3, -0.25) is 19.1 Å². The van der Waals surface area contributed by atoms with Crippen molar-refractivity contribution in [3.05, 3.63) is 294 Å². The van der Waals surface area contributed by atoms with Crippen LogP contribution in [-0.4, -0.2) is 55.8 Å². The lowest BCUT2D eigenvalue weighted by Gasteiger charge is -2.22. The molecule has 0 bridgehead atoms. The Morgan fingerprint density at radius 3 is 1.02 bits per heavy atom. The number of carbonyl (C=O) groups is 1. The number of para-hydroxylation sites is 6. The van der Waals surface area contributed by atoms with Crippen LogP contribution in [0.5, 0.6) is 0 Å². The molecule has 108 heavy (non-hydrogen) atoms. The topological polar surface area (TPSA) is 116 Å². The number of amidine groups is 1. The van der Waals surface area contributed by atoms with Crippen molar-refractivity contribution in [2.45, 2.75) is 158 Å². The summed E-state index contributed by atoms with van der Waals surface area (Å²) in [7, 11) is 0. The summed E-state index contributed by atoms with van der Waals surface area (Å²) >= 11 is 4.82. The Balaban J connectivity index is 0.000000182. The predicted octanol–water partition coefficient (Wildman–Crippen LogP) is 26.0. The molecule has 5 heterocycles. The average Bonchev–Trinajstić information content (AvgIpc) is 1.58. The van der Waals surface area contributed by atoms with Crippen molar-refractivity contribution in [3.8, 4) is 62.6 Å². The molecule has 10 aromatic carbocycles. The largest absolute Gasteiger partial charge is 0.340 e. The van der Waals surface area contributed by atoms with Crippen LogP contribution >= 0.6 is 11.6 Å². The Morgan fingerprint density at radius 2 is 0.667 bits per heavy atom. The Morgan fingerprint density at radius 1 is 0.361 bits per heavy atom. The minimum Gasteiger partial charge on any atom is -0.340 e. The highest BCUT2D eigenvalue weighted by molar-refractivity contribution is 6.24. The van der Waals surface area contributed by atoms with Crippen molar-refractivity contribution in [3.63, 3.8) is 0 Å². The van der Waals surface area contributed by atoms with Gasteiger partial charge in [-0.15, -0.1) is 11.6 Å². The summed E-state index contributed by atoms with van der Waals surface area (Å²) in [5.41, 5.74) is 25.9. The normalized spacial score (nSPS) is 11.8. The van der Waals surface area contributed by atoms with Gasteiger partial charge in [0, 0.05) is 98.0 Å². The molecule has 0 saturated carbocycles. The Bertz CT molecular complexity index is 5660. The molecule has 0 saturated heterocycles. The number of carbonyl (C=O) groups excluding carboxylic acids is 1. The lowest BCUT2D eigenvalue weighted by Crippen LogP contribution is -2.16. The molecule has 15 aromatic rings. The fourth-order valence-electron chi connectivity index (χ4n) is 15.7. The highest BCUT2D eigenvalue weighted by Gasteiger charge is 2.26. The molecule has 5 aromatic heterocycles. The quantitative estimate of drug-likeness (QED) is 0.0362. The SMILES string of the molecule is CC(C)c1cccc(C(C)C)c1-n1ccnc1-c1cccc(-n2c3ccccc3c3ccc(-c4nccn4-c4c(C(C)C)cccc4C(C)C)cc32)c1.CC(C)c1cccc(C(C)C)c1NC(=N)c1ccc2c3ccccc3n(-c3cccc(-c4nccn4-c4c(C(C)C)cccc4C(C)C)c3)c2c1.O=CCCl. The maximum Gasteiger partial charge on any atom is 0.144 e. The smallest absolute Gasteiger partial charge is 0.144 e. The Hall–Kier alpha value is -11.1. The van der Waals surface area contributed by atoms with Crippen molar-refractivity contribution in [1.82, 2.24) is 37.8 Å². The molecule has 0 unspecified atom stereocenters. The number of aldehydes is 1. The molecule has 0 radical (unpaired) electrons. The second kappa shape index (κ2) is 32.1. The molecular weight excluding hydrogens is 1340 g/mol. The molecule has 11 nitrogen and oxygen atoms in total. The van der Waals surface area contributed by atoms with Gasteiger partial charge in [0.1, 0.15) is 29.6 Å². The minimum absolute atomic E-state index is 0.111. The summed E-state index contributed by atoms with van der Waals surface area (Å²) in [5, 5.41) is 17.7. The number of hydrogen-bond acceptors (Lipinski definition) is 5. The molecule has 548 valence electrons. The molecule has 2 N–H and O–H groups in total. The van der Waals surface area contributed by atoms with Gasteiger partial charge in [-0.1, -0.05) is 269 Å². The van der Waals surface area contributed by atoms with Crippen LogP contribution in [0.2, 0.25) is 0 Å². The van der Waals surface area contributed by atoms with E-state index in [2.05, 4.69) is 364 Å². The van der Waals surface area contributed by atoms with E-state index in [-0.39, 0.29) is 5.88 Å². The Labute approximate surface area is 642 Å². The van der Waals surface area contributed by atoms with Crippen LogP contribution in [0.4, 0.5) is 5.69 Å². The summed E-state index contributed by atoms with van der Waals surface area (Å²) in [6.07, 6.45) is 12.8.